The maximum absolute atomic E-state index is 13.2. The molecular weight excluding hydrogens is 236 g/mol. The van der Waals surface area contributed by atoms with E-state index in [2.05, 4.69) is 6.92 Å². The van der Waals surface area contributed by atoms with Gasteiger partial charge in [-0.1, -0.05) is 13.0 Å². The molecule has 2 N–H and O–H groups in total. The van der Waals surface area contributed by atoms with Crippen molar-refractivity contribution in [3.63, 3.8) is 0 Å². The Labute approximate surface area is 106 Å². The molecule has 2 nitrogen and oxygen atoms in total. The minimum atomic E-state index is -0.852. The van der Waals surface area contributed by atoms with Crippen molar-refractivity contribution >= 4 is 0 Å². The normalized spacial score (nSPS) is 33.7. The lowest BCUT2D eigenvalue weighted by Gasteiger charge is -2.26. The van der Waals surface area contributed by atoms with Crippen LogP contribution < -0.4 is 5.73 Å². The summed E-state index contributed by atoms with van der Waals surface area (Å²) in [5.41, 5.74) is 6.81. The molecule has 0 spiro atoms. The second-order valence-electron chi connectivity index (χ2n) is 5.18. The zero-order chi connectivity index (χ0) is 13.4. The van der Waals surface area contributed by atoms with Crippen LogP contribution in [0.15, 0.2) is 18.2 Å². The maximum atomic E-state index is 13.2. The van der Waals surface area contributed by atoms with Crippen molar-refractivity contribution in [2.75, 3.05) is 0 Å². The Bertz CT molecular complexity index is 438. The number of benzene rings is 1. The van der Waals surface area contributed by atoms with E-state index in [1.54, 1.807) is 6.07 Å². The summed E-state index contributed by atoms with van der Waals surface area (Å²) in [5.74, 6) is -1.29. The highest BCUT2D eigenvalue weighted by atomic mass is 19.2. The largest absolute Gasteiger partial charge is 0.375 e. The molecule has 1 aromatic carbocycles. The first-order chi connectivity index (χ1) is 8.41. The molecule has 4 heteroatoms. The molecule has 1 saturated heterocycles. The van der Waals surface area contributed by atoms with Gasteiger partial charge in [0, 0.05) is 12.0 Å². The van der Waals surface area contributed by atoms with Crippen molar-refractivity contribution in [2.45, 2.75) is 39.0 Å². The van der Waals surface area contributed by atoms with E-state index in [-0.39, 0.29) is 24.2 Å². The van der Waals surface area contributed by atoms with Gasteiger partial charge >= 0.3 is 0 Å². The molecule has 5 unspecified atom stereocenters. The summed E-state index contributed by atoms with van der Waals surface area (Å²) in [6.45, 7) is 6.07. The Balaban J connectivity index is 2.25. The minimum absolute atomic E-state index is 0.0260. The van der Waals surface area contributed by atoms with Gasteiger partial charge in [-0.2, -0.15) is 0 Å². The van der Waals surface area contributed by atoms with Crippen molar-refractivity contribution in [1.29, 1.82) is 0 Å². The van der Waals surface area contributed by atoms with Gasteiger partial charge in [0.1, 0.15) is 0 Å². The third kappa shape index (κ3) is 2.27. The summed E-state index contributed by atoms with van der Waals surface area (Å²) in [5, 5.41) is 0. The molecule has 0 bridgehead atoms. The number of rotatable bonds is 2. The highest BCUT2D eigenvalue weighted by molar-refractivity contribution is 5.22. The summed E-state index contributed by atoms with van der Waals surface area (Å²) in [4.78, 5) is 0. The predicted octanol–water partition coefficient (Wildman–Crippen LogP) is 3.02. The van der Waals surface area contributed by atoms with Gasteiger partial charge in [0.15, 0.2) is 11.6 Å². The average molecular weight is 255 g/mol. The molecule has 0 aromatic heterocycles. The first-order valence-electron chi connectivity index (χ1n) is 6.27. The second-order valence-corrected chi connectivity index (χ2v) is 5.18. The van der Waals surface area contributed by atoms with Crippen molar-refractivity contribution in [2.24, 2.45) is 17.6 Å². The van der Waals surface area contributed by atoms with Crippen LogP contribution in [0.2, 0.25) is 0 Å². The van der Waals surface area contributed by atoms with Gasteiger partial charge in [-0.25, -0.2) is 8.78 Å². The molecule has 1 fully saturated rings. The van der Waals surface area contributed by atoms with Gasteiger partial charge in [0.2, 0.25) is 0 Å². The van der Waals surface area contributed by atoms with Crippen molar-refractivity contribution in [3.8, 4) is 0 Å². The third-order valence-electron chi connectivity index (χ3n) is 4.06. The molecule has 5 atom stereocenters. The summed E-state index contributed by atoms with van der Waals surface area (Å²) in [6, 6.07) is 3.52. The second kappa shape index (κ2) is 4.94. The lowest BCUT2D eigenvalue weighted by molar-refractivity contribution is 0.0489. The predicted molar refractivity (Wildman–Crippen MR) is 65.9 cm³/mol. The zero-order valence-corrected chi connectivity index (χ0v) is 10.9. The molecule has 1 aliphatic rings. The molecular formula is C14H19F2NO. The number of hydrogen-bond donors (Lipinski definition) is 1. The summed E-state index contributed by atoms with van der Waals surface area (Å²) in [6.07, 6.45) is 0.166. The van der Waals surface area contributed by atoms with Crippen molar-refractivity contribution in [3.05, 3.63) is 35.4 Å². The van der Waals surface area contributed by atoms with E-state index >= 15 is 0 Å². The van der Waals surface area contributed by atoms with Gasteiger partial charge in [-0.15, -0.1) is 0 Å². The van der Waals surface area contributed by atoms with Gasteiger partial charge in [-0.05, 0) is 37.5 Å². The number of halogens is 2. The summed E-state index contributed by atoms with van der Waals surface area (Å²) in [7, 11) is 0. The third-order valence-corrected chi connectivity index (χ3v) is 4.06. The summed E-state index contributed by atoms with van der Waals surface area (Å²) >= 11 is 0. The highest BCUT2D eigenvalue weighted by Crippen LogP contribution is 2.39. The molecule has 1 heterocycles. The zero-order valence-electron chi connectivity index (χ0n) is 10.9. The lowest BCUT2D eigenvalue weighted by Crippen LogP contribution is -2.30. The van der Waals surface area contributed by atoms with E-state index < -0.39 is 11.6 Å². The fraction of sp³-hybridized carbons (Fsp3) is 0.571. The van der Waals surface area contributed by atoms with Gasteiger partial charge < -0.3 is 10.5 Å². The standard InChI is InChI=1S/C14H19F2NO/c1-7-8(2)18-9(3)13(7)14(17)10-4-5-11(15)12(16)6-10/h4-9,13-14H,17H2,1-3H3. The Hall–Kier alpha value is -1.00. The minimum Gasteiger partial charge on any atom is -0.375 e. The fourth-order valence-corrected chi connectivity index (χ4v) is 2.85. The van der Waals surface area contributed by atoms with Crippen molar-refractivity contribution < 1.29 is 13.5 Å². The van der Waals surface area contributed by atoms with E-state index in [0.717, 1.165) is 6.07 Å². The average Bonchev–Trinajstić information content (AvgIpc) is 2.56. The Morgan fingerprint density at radius 2 is 1.78 bits per heavy atom. The van der Waals surface area contributed by atoms with Gasteiger partial charge in [0.05, 0.1) is 12.2 Å². The number of ether oxygens (including phenoxy) is 1. The van der Waals surface area contributed by atoms with E-state index in [9.17, 15) is 8.78 Å². The highest BCUT2D eigenvalue weighted by Gasteiger charge is 2.40. The monoisotopic (exact) mass is 255 g/mol. The van der Waals surface area contributed by atoms with Crippen LogP contribution in [0.4, 0.5) is 8.78 Å². The fourth-order valence-electron chi connectivity index (χ4n) is 2.85. The van der Waals surface area contributed by atoms with Crippen molar-refractivity contribution in [1.82, 2.24) is 0 Å². The molecule has 1 aromatic rings. The van der Waals surface area contributed by atoms with Crippen LogP contribution in [0.3, 0.4) is 0 Å². The molecule has 18 heavy (non-hydrogen) atoms. The van der Waals surface area contributed by atoms with Gasteiger partial charge in [0.25, 0.3) is 0 Å². The molecule has 0 radical (unpaired) electrons. The van der Waals surface area contributed by atoms with Crippen LogP contribution in [0, 0.1) is 23.5 Å². The SMILES string of the molecule is CC1OC(C)C(C(N)c2ccc(F)c(F)c2)C1C. The molecule has 2 rings (SSSR count). The number of hydrogen-bond acceptors (Lipinski definition) is 2. The molecule has 0 aliphatic carbocycles. The smallest absolute Gasteiger partial charge is 0.159 e. The van der Waals surface area contributed by atoms with E-state index in [0.29, 0.717) is 11.5 Å². The maximum Gasteiger partial charge on any atom is 0.159 e. The van der Waals surface area contributed by atoms with Crippen LogP contribution in [-0.4, -0.2) is 12.2 Å². The summed E-state index contributed by atoms with van der Waals surface area (Å²) < 4.78 is 31.9. The van der Waals surface area contributed by atoms with Crippen LogP contribution in [-0.2, 0) is 4.74 Å². The molecule has 0 amide bonds. The first kappa shape index (κ1) is 13.4. The Kier molecular flexibility index (Phi) is 3.69. The van der Waals surface area contributed by atoms with Crippen LogP contribution in [0.25, 0.3) is 0 Å². The van der Waals surface area contributed by atoms with Crippen LogP contribution in [0.5, 0.6) is 0 Å². The molecule has 0 saturated carbocycles. The quantitative estimate of drug-likeness (QED) is 0.881. The lowest BCUT2D eigenvalue weighted by atomic mass is 9.81. The van der Waals surface area contributed by atoms with E-state index in [4.69, 9.17) is 10.5 Å². The Morgan fingerprint density at radius 3 is 2.28 bits per heavy atom. The Morgan fingerprint density at radius 1 is 1.11 bits per heavy atom. The molecule has 100 valence electrons. The molecule has 1 aliphatic heterocycles. The number of nitrogens with two attached hydrogens (primary N) is 1. The van der Waals surface area contributed by atoms with Crippen LogP contribution in [0.1, 0.15) is 32.4 Å². The van der Waals surface area contributed by atoms with E-state index in [1.807, 2.05) is 13.8 Å². The van der Waals surface area contributed by atoms with E-state index in [1.165, 1.54) is 6.07 Å². The van der Waals surface area contributed by atoms with Gasteiger partial charge in [-0.3, -0.25) is 0 Å². The van der Waals surface area contributed by atoms with Crippen LogP contribution >= 0.6 is 0 Å². The topological polar surface area (TPSA) is 35.2 Å². The first-order valence-corrected chi connectivity index (χ1v) is 6.27.